The second kappa shape index (κ2) is 5.52. The topological polar surface area (TPSA) is 64.2 Å². The predicted octanol–water partition coefficient (Wildman–Crippen LogP) is 2.92. The fourth-order valence-corrected chi connectivity index (χ4v) is 2.39. The number of methoxy groups -OCH3 is 2. The molecule has 0 aliphatic carbocycles. The Morgan fingerprint density at radius 1 is 1.05 bits per heavy atom. The lowest BCUT2D eigenvalue weighted by molar-refractivity contribution is 0.355. The third-order valence-electron chi connectivity index (χ3n) is 3.50. The highest BCUT2D eigenvalue weighted by molar-refractivity contribution is 5.83. The summed E-state index contributed by atoms with van der Waals surface area (Å²) < 4.78 is 10.5. The third-order valence-corrected chi connectivity index (χ3v) is 3.50. The average Bonchev–Trinajstić information content (AvgIpc) is 2.53. The number of hydrogen-bond acceptors (Lipinski definition) is 4. The molecule has 0 aliphatic heterocycles. The zero-order valence-electron chi connectivity index (χ0n) is 12.6. The summed E-state index contributed by atoms with van der Waals surface area (Å²) in [6, 6.07) is 11.2. The number of nitrogens with one attached hydrogen (secondary N) is 1. The van der Waals surface area contributed by atoms with Crippen molar-refractivity contribution in [3.63, 3.8) is 0 Å². The molecule has 0 radical (unpaired) electrons. The van der Waals surface area contributed by atoms with Gasteiger partial charge in [-0.05, 0) is 19.1 Å². The van der Waals surface area contributed by atoms with Gasteiger partial charge in [0.1, 0.15) is 5.82 Å². The van der Waals surface area contributed by atoms with Gasteiger partial charge in [0.2, 0.25) is 0 Å². The molecule has 3 aromatic rings. The second-order valence-corrected chi connectivity index (χ2v) is 5.01. The van der Waals surface area contributed by atoms with E-state index >= 15 is 0 Å². The van der Waals surface area contributed by atoms with Crippen molar-refractivity contribution in [1.82, 2.24) is 9.97 Å². The highest BCUT2D eigenvalue weighted by atomic mass is 16.5. The largest absolute Gasteiger partial charge is 0.493 e. The summed E-state index contributed by atoms with van der Waals surface area (Å²) in [6.07, 6.45) is 0. The van der Waals surface area contributed by atoms with Gasteiger partial charge in [0.05, 0.1) is 25.1 Å². The number of rotatable bonds is 3. The van der Waals surface area contributed by atoms with E-state index in [-0.39, 0.29) is 5.56 Å². The molecule has 0 saturated heterocycles. The molecule has 5 nitrogen and oxygen atoms in total. The summed E-state index contributed by atoms with van der Waals surface area (Å²) in [6.45, 7) is 2.00. The minimum absolute atomic E-state index is 0.206. The van der Waals surface area contributed by atoms with Crippen molar-refractivity contribution in [1.29, 1.82) is 0 Å². The molecular formula is C17H16N2O3. The van der Waals surface area contributed by atoms with Crippen LogP contribution in [-0.4, -0.2) is 24.2 Å². The molecule has 0 amide bonds. The zero-order chi connectivity index (χ0) is 15.7. The highest BCUT2D eigenvalue weighted by Gasteiger charge is 2.11. The average molecular weight is 296 g/mol. The predicted molar refractivity (Wildman–Crippen MR) is 85.6 cm³/mol. The van der Waals surface area contributed by atoms with Gasteiger partial charge in [-0.1, -0.05) is 23.8 Å². The molecule has 1 aromatic heterocycles. The number of H-pyrrole nitrogens is 1. The molecule has 0 bridgehead atoms. The maximum Gasteiger partial charge on any atom is 0.259 e. The lowest BCUT2D eigenvalue weighted by Crippen LogP contribution is -2.10. The van der Waals surface area contributed by atoms with Crippen molar-refractivity contribution in [2.24, 2.45) is 0 Å². The molecule has 5 heteroatoms. The van der Waals surface area contributed by atoms with Crippen molar-refractivity contribution < 1.29 is 9.47 Å². The fraction of sp³-hybridized carbons (Fsp3) is 0.176. The molecule has 1 heterocycles. The van der Waals surface area contributed by atoms with Crippen LogP contribution in [0.3, 0.4) is 0 Å². The molecule has 3 rings (SSSR count). The summed E-state index contributed by atoms with van der Waals surface area (Å²) >= 11 is 0. The number of aryl methyl sites for hydroxylation is 1. The van der Waals surface area contributed by atoms with Gasteiger partial charge in [-0.3, -0.25) is 4.79 Å². The van der Waals surface area contributed by atoms with Crippen molar-refractivity contribution in [3.8, 4) is 22.9 Å². The number of aromatic nitrogens is 2. The minimum Gasteiger partial charge on any atom is -0.493 e. The monoisotopic (exact) mass is 296 g/mol. The van der Waals surface area contributed by atoms with E-state index in [4.69, 9.17) is 9.47 Å². The minimum atomic E-state index is -0.206. The Hall–Kier alpha value is -2.82. The second-order valence-electron chi connectivity index (χ2n) is 5.01. The van der Waals surface area contributed by atoms with Gasteiger partial charge in [0, 0.05) is 11.6 Å². The maximum atomic E-state index is 12.3. The van der Waals surface area contributed by atoms with Crippen LogP contribution in [0.5, 0.6) is 11.5 Å². The number of hydrogen-bond donors (Lipinski definition) is 1. The summed E-state index contributed by atoms with van der Waals surface area (Å²) in [5.74, 6) is 1.59. The molecule has 22 heavy (non-hydrogen) atoms. The van der Waals surface area contributed by atoms with Gasteiger partial charge < -0.3 is 14.5 Å². The number of ether oxygens (including phenoxy) is 2. The van der Waals surface area contributed by atoms with Crippen LogP contribution >= 0.6 is 0 Å². The summed E-state index contributed by atoms with van der Waals surface area (Å²) in [5, 5.41) is 0.467. The number of nitrogens with zero attached hydrogens (tertiary/aromatic N) is 1. The Balaban J connectivity index is 2.26. The van der Waals surface area contributed by atoms with Crippen LogP contribution in [-0.2, 0) is 0 Å². The molecule has 0 saturated carbocycles. The van der Waals surface area contributed by atoms with Gasteiger partial charge >= 0.3 is 0 Å². The van der Waals surface area contributed by atoms with E-state index in [9.17, 15) is 4.79 Å². The molecular weight excluding hydrogens is 280 g/mol. The summed E-state index contributed by atoms with van der Waals surface area (Å²) in [7, 11) is 3.09. The van der Waals surface area contributed by atoms with Crippen molar-refractivity contribution in [2.45, 2.75) is 6.92 Å². The van der Waals surface area contributed by atoms with Crippen LogP contribution in [0.4, 0.5) is 0 Å². The highest BCUT2D eigenvalue weighted by Crippen LogP contribution is 2.30. The van der Waals surface area contributed by atoms with Crippen LogP contribution in [0.2, 0.25) is 0 Å². The number of benzene rings is 2. The van der Waals surface area contributed by atoms with E-state index in [0.717, 1.165) is 11.1 Å². The van der Waals surface area contributed by atoms with E-state index in [2.05, 4.69) is 9.97 Å². The first kappa shape index (κ1) is 14.1. The van der Waals surface area contributed by atoms with Crippen LogP contribution in [0, 0.1) is 6.92 Å². The van der Waals surface area contributed by atoms with Crippen molar-refractivity contribution in [3.05, 3.63) is 52.3 Å². The summed E-state index contributed by atoms with van der Waals surface area (Å²) in [5.41, 5.74) is 2.33. The van der Waals surface area contributed by atoms with Crippen LogP contribution in [0.15, 0.2) is 41.2 Å². The molecule has 2 aromatic carbocycles. The Labute approximate surface area is 127 Å². The maximum absolute atomic E-state index is 12.3. The zero-order valence-corrected chi connectivity index (χ0v) is 12.6. The molecule has 0 spiro atoms. The normalized spacial score (nSPS) is 10.7. The van der Waals surface area contributed by atoms with E-state index < -0.39 is 0 Å². The molecule has 0 fully saturated rings. The fourth-order valence-electron chi connectivity index (χ4n) is 2.39. The molecule has 0 unspecified atom stereocenters. The molecule has 112 valence electrons. The van der Waals surface area contributed by atoms with E-state index in [1.165, 1.54) is 7.11 Å². The first-order valence-corrected chi connectivity index (χ1v) is 6.85. The lowest BCUT2D eigenvalue weighted by Gasteiger charge is -2.09. The Kier molecular flexibility index (Phi) is 3.55. The van der Waals surface area contributed by atoms with Gasteiger partial charge in [-0.2, -0.15) is 0 Å². The molecule has 0 aliphatic rings. The van der Waals surface area contributed by atoms with Crippen LogP contribution < -0.4 is 15.0 Å². The SMILES string of the molecule is COc1cc2nc(-c3cccc(C)c3)[nH]c(=O)c2cc1OC. The Morgan fingerprint density at radius 2 is 1.77 bits per heavy atom. The first-order valence-electron chi connectivity index (χ1n) is 6.85. The van der Waals surface area contributed by atoms with Gasteiger partial charge in [-0.25, -0.2) is 4.98 Å². The Bertz CT molecular complexity index is 900. The smallest absolute Gasteiger partial charge is 0.259 e. The van der Waals surface area contributed by atoms with Crippen molar-refractivity contribution >= 4 is 10.9 Å². The van der Waals surface area contributed by atoms with Gasteiger partial charge in [0.15, 0.2) is 11.5 Å². The molecule has 0 atom stereocenters. The number of aromatic amines is 1. The first-order chi connectivity index (χ1) is 10.6. The quantitative estimate of drug-likeness (QED) is 0.807. The third kappa shape index (κ3) is 2.41. The van der Waals surface area contributed by atoms with E-state index in [1.54, 1.807) is 19.2 Å². The molecule has 1 N–H and O–H groups in total. The standard InChI is InChI=1S/C17H16N2O3/c1-10-5-4-6-11(7-10)16-18-13-9-15(22-3)14(21-2)8-12(13)17(20)19-16/h4-9H,1-3H3,(H,18,19,20). The Morgan fingerprint density at radius 3 is 2.45 bits per heavy atom. The van der Waals surface area contributed by atoms with Gasteiger partial charge in [0.25, 0.3) is 5.56 Å². The van der Waals surface area contributed by atoms with E-state index in [1.807, 2.05) is 31.2 Å². The number of fused-ring (bicyclic) bond motifs is 1. The summed E-state index contributed by atoms with van der Waals surface area (Å²) in [4.78, 5) is 19.7. The van der Waals surface area contributed by atoms with Crippen molar-refractivity contribution in [2.75, 3.05) is 14.2 Å². The van der Waals surface area contributed by atoms with E-state index in [0.29, 0.717) is 28.2 Å². The van der Waals surface area contributed by atoms with Gasteiger partial charge in [-0.15, -0.1) is 0 Å². The van der Waals surface area contributed by atoms with Crippen LogP contribution in [0.25, 0.3) is 22.3 Å². The lowest BCUT2D eigenvalue weighted by atomic mass is 10.1. The van der Waals surface area contributed by atoms with Crippen LogP contribution in [0.1, 0.15) is 5.56 Å².